The van der Waals surface area contributed by atoms with Gasteiger partial charge in [0.1, 0.15) is 5.82 Å². The molecule has 0 atom stereocenters. The number of nitrogens with zero attached hydrogens (tertiary/aromatic N) is 4. The van der Waals surface area contributed by atoms with Gasteiger partial charge in [-0.15, -0.1) is 5.10 Å². The first kappa shape index (κ1) is 13.8. The molecule has 2 aromatic heterocycles. The minimum absolute atomic E-state index is 0.0377. The highest BCUT2D eigenvalue weighted by molar-refractivity contribution is 5.74. The van der Waals surface area contributed by atoms with Gasteiger partial charge in [-0.1, -0.05) is 17.3 Å². The molecule has 0 aliphatic rings. The van der Waals surface area contributed by atoms with Crippen molar-refractivity contribution in [2.75, 3.05) is 0 Å². The summed E-state index contributed by atoms with van der Waals surface area (Å²) < 4.78 is 1.88. The number of rotatable bonds is 4. The van der Waals surface area contributed by atoms with Gasteiger partial charge in [0, 0.05) is 6.54 Å². The highest BCUT2D eigenvalue weighted by Gasteiger charge is 2.14. The lowest BCUT2D eigenvalue weighted by atomic mass is 10.1. The molecule has 3 rings (SSSR count). The lowest BCUT2D eigenvalue weighted by Crippen LogP contribution is -2.22. The predicted octanol–water partition coefficient (Wildman–Crippen LogP) is 2.20. The maximum Gasteiger partial charge on any atom is 0.121 e. The Labute approximate surface area is 123 Å². The van der Waals surface area contributed by atoms with Gasteiger partial charge in [-0.2, -0.15) is 0 Å². The second-order valence-corrected chi connectivity index (χ2v) is 6.13. The zero-order valence-electron chi connectivity index (χ0n) is 12.6. The Kier molecular flexibility index (Phi) is 3.47. The molecular weight excluding hydrogens is 264 g/mol. The third-order valence-electron chi connectivity index (χ3n) is 3.27. The van der Waals surface area contributed by atoms with Crippen LogP contribution in [0.1, 0.15) is 32.3 Å². The molecule has 0 bridgehead atoms. The first-order valence-electron chi connectivity index (χ1n) is 7.08. The SMILES string of the molecule is CC(C)(C)n1cc(CNCc2nc3ccccc3[nH]2)nn1. The minimum Gasteiger partial charge on any atom is -0.341 e. The molecule has 0 saturated heterocycles. The van der Waals surface area contributed by atoms with Gasteiger partial charge in [0.2, 0.25) is 0 Å². The van der Waals surface area contributed by atoms with Gasteiger partial charge in [-0.3, -0.25) is 0 Å². The van der Waals surface area contributed by atoms with E-state index in [2.05, 4.69) is 46.4 Å². The van der Waals surface area contributed by atoms with Crippen LogP contribution in [0.25, 0.3) is 11.0 Å². The minimum atomic E-state index is -0.0377. The standard InChI is InChI=1S/C15H20N6/c1-15(2,3)21-10-11(19-20-21)8-16-9-14-17-12-6-4-5-7-13(12)18-14/h4-7,10,16H,8-9H2,1-3H3,(H,17,18). The van der Waals surface area contributed by atoms with Gasteiger partial charge in [0.15, 0.2) is 0 Å². The van der Waals surface area contributed by atoms with E-state index in [-0.39, 0.29) is 5.54 Å². The number of imidazole rings is 1. The van der Waals surface area contributed by atoms with Gasteiger partial charge in [-0.05, 0) is 32.9 Å². The van der Waals surface area contributed by atoms with E-state index in [9.17, 15) is 0 Å². The van der Waals surface area contributed by atoms with Crippen LogP contribution >= 0.6 is 0 Å². The van der Waals surface area contributed by atoms with E-state index < -0.39 is 0 Å². The molecule has 0 saturated carbocycles. The Morgan fingerprint density at radius 3 is 2.71 bits per heavy atom. The van der Waals surface area contributed by atoms with Gasteiger partial charge in [-0.25, -0.2) is 9.67 Å². The number of nitrogens with one attached hydrogen (secondary N) is 2. The van der Waals surface area contributed by atoms with Gasteiger partial charge >= 0.3 is 0 Å². The smallest absolute Gasteiger partial charge is 0.121 e. The Balaban J connectivity index is 1.59. The molecular formula is C15H20N6. The van der Waals surface area contributed by atoms with E-state index >= 15 is 0 Å². The highest BCUT2D eigenvalue weighted by Crippen LogP contribution is 2.12. The average molecular weight is 284 g/mol. The molecule has 2 heterocycles. The van der Waals surface area contributed by atoms with Crippen LogP contribution in [-0.4, -0.2) is 25.0 Å². The Morgan fingerprint density at radius 1 is 1.19 bits per heavy atom. The van der Waals surface area contributed by atoms with Crippen molar-refractivity contribution in [2.24, 2.45) is 0 Å². The highest BCUT2D eigenvalue weighted by atomic mass is 15.4. The molecule has 0 aliphatic carbocycles. The fraction of sp³-hybridized carbons (Fsp3) is 0.400. The van der Waals surface area contributed by atoms with Crippen molar-refractivity contribution in [3.05, 3.63) is 42.0 Å². The summed E-state index contributed by atoms with van der Waals surface area (Å²) in [6.07, 6.45) is 1.98. The maximum absolute atomic E-state index is 4.53. The van der Waals surface area contributed by atoms with Crippen molar-refractivity contribution >= 4 is 11.0 Å². The molecule has 6 nitrogen and oxygen atoms in total. The molecule has 0 aliphatic heterocycles. The lowest BCUT2D eigenvalue weighted by molar-refractivity contribution is 0.347. The van der Waals surface area contributed by atoms with Crippen LogP contribution < -0.4 is 5.32 Å². The fourth-order valence-corrected chi connectivity index (χ4v) is 2.11. The number of benzene rings is 1. The summed E-state index contributed by atoms with van der Waals surface area (Å²) in [5.41, 5.74) is 2.95. The molecule has 21 heavy (non-hydrogen) atoms. The predicted molar refractivity (Wildman–Crippen MR) is 81.7 cm³/mol. The first-order valence-corrected chi connectivity index (χ1v) is 7.08. The largest absolute Gasteiger partial charge is 0.341 e. The number of hydrogen-bond acceptors (Lipinski definition) is 4. The van der Waals surface area contributed by atoms with E-state index in [0.717, 1.165) is 22.6 Å². The van der Waals surface area contributed by atoms with Crippen LogP contribution in [0.5, 0.6) is 0 Å². The van der Waals surface area contributed by atoms with Crippen LogP contribution in [0.15, 0.2) is 30.5 Å². The van der Waals surface area contributed by atoms with Crippen LogP contribution in [-0.2, 0) is 18.6 Å². The maximum atomic E-state index is 4.53. The number of aromatic amines is 1. The number of hydrogen-bond donors (Lipinski definition) is 2. The summed E-state index contributed by atoms with van der Waals surface area (Å²) in [5.74, 6) is 0.930. The number of fused-ring (bicyclic) bond motifs is 1. The van der Waals surface area contributed by atoms with Crippen molar-refractivity contribution in [3.8, 4) is 0 Å². The number of H-pyrrole nitrogens is 1. The third-order valence-corrected chi connectivity index (χ3v) is 3.27. The summed E-state index contributed by atoms with van der Waals surface area (Å²) in [6, 6.07) is 8.03. The fourth-order valence-electron chi connectivity index (χ4n) is 2.11. The van der Waals surface area contributed by atoms with Crippen LogP contribution in [0.2, 0.25) is 0 Å². The first-order chi connectivity index (χ1) is 10.0. The van der Waals surface area contributed by atoms with Crippen LogP contribution in [0.4, 0.5) is 0 Å². The summed E-state index contributed by atoms with van der Waals surface area (Å²) in [5, 5.41) is 11.7. The number of para-hydroxylation sites is 2. The monoisotopic (exact) mass is 284 g/mol. The molecule has 0 fully saturated rings. The molecule has 1 aromatic carbocycles. The Morgan fingerprint density at radius 2 is 2.00 bits per heavy atom. The molecule has 6 heteroatoms. The van der Waals surface area contributed by atoms with E-state index in [1.54, 1.807) is 0 Å². The zero-order valence-corrected chi connectivity index (χ0v) is 12.6. The Hall–Kier alpha value is -2.21. The topological polar surface area (TPSA) is 71.4 Å². The zero-order chi connectivity index (χ0) is 14.9. The molecule has 3 aromatic rings. The molecule has 0 unspecified atom stereocenters. The van der Waals surface area contributed by atoms with Gasteiger partial charge in [0.05, 0.1) is 35.0 Å². The average Bonchev–Trinajstić information content (AvgIpc) is 3.03. The van der Waals surface area contributed by atoms with Crippen molar-refractivity contribution < 1.29 is 0 Å². The van der Waals surface area contributed by atoms with E-state index in [4.69, 9.17) is 0 Å². The molecule has 0 amide bonds. The molecule has 110 valence electrons. The summed E-state index contributed by atoms with van der Waals surface area (Å²) >= 11 is 0. The van der Waals surface area contributed by atoms with Crippen LogP contribution in [0.3, 0.4) is 0 Å². The third kappa shape index (κ3) is 3.11. The van der Waals surface area contributed by atoms with E-state index in [0.29, 0.717) is 13.1 Å². The van der Waals surface area contributed by atoms with Crippen molar-refractivity contribution in [1.82, 2.24) is 30.3 Å². The number of aromatic nitrogens is 5. The lowest BCUT2D eigenvalue weighted by Gasteiger charge is -2.17. The Bertz CT molecular complexity index is 701. The second-order valence-electron chi connectivity index (χ2n) is 6.13. The van der Waals surface area contributed by atoms with Gasteiger partial charge in [0.25, 0.3) is 0 Å². The quantitative estimate of drug-likeness (QED) is 0.770. The molecule has 0 spiro atoms. The second kappa shape index (κ2) is 5.29. The summed E-state index contributed by atoms with van der Waals surface area (Å²) in [7, 11) is 0. The van der Waals surface area contributed by atoms with Crippen molar-refractivity contribution in [2.45, 2.75) is 39.4 Å². The van der Waals surface area contributed by atoms with E-state index in [1.807, 2.05) is 35.1 Å². The van der Waals surface area contributed by atoms with Gasteiger partial charge < -0.3 is 10.3 Å². The summed E-state index contributed by atoms with van der Waals surface area (Å²) in [4.78, 5) is 7.83. The molecule has 0 radical (unpaired) electrons. The van der Waals surface area contributed by atoms with E-state index in [1.165, 1.54) is 0 Å². The van der Waals surface area contributed by atoms with Crippen molar-refractivity contribution in [3.63, 3.8) is 0 Å². The molecule has 2 N–H and O–H groups in total. The normalized spacial score (nSPS) is 12.1. The summed E-state index contributed by atoms with van der Waals surface area (Å²) in [6.45, 7) is 7.66. The van der Waals surface area contributed by atoms with Crippen molar-refractivity contribution in [1.29, 1.82) is 0 Å². The van der Waals surface area contributed by atoms with Crippen LogP contribution in [0, 0.1) is 0 Å².